The summed E-state index contributed by atoms with van der Waals surface area (Å²) in [5.74, 6) is -0.209. The summed E-state index contributed by atoms with van der Waals surface area (Å²) in [7, 11) is 0. The lowest BCUT2D eigenvalue weighted by molar-refractivity contribution is -0.149. The Balaban J connectivity index is 2.31. The van der Waals surface area contributed by atoms with Gasteiger partial charge in [0.1, 0.15) is 12.1 Å². The summed E-state index contributed by atoms with van der Waals surface area (Å²) in [6.07, 6.45) is 0.578. The maximum absolute atomic E-state index is 12.7. The van der Waals surface area contributed by atoms with Crippen LogP contribution in [-0.2, 0) is 9.59 Å². The van der Waals surface area contributed by atoms with Gasteiger partial charge in [-0.2, -0.15) is 0 Å². The Morgan fingerprint density at radius 1 is 1.33 bits per heavy atom. The first kappa shape index (κ1) is 15.6. The van der Waals surface area contributed by atoms with Gasteiger partial charge in [-0.15, -0.1) is 0 Å². The highest BCUT2D eigenvalue weighted by molar-refractivity contribution is 6.25. The van der Waals surface area contributed by atoms with Crippen LogP contribution in [0.25, 0.3) is 0 Å². The summed E-state index contributed by atoms with van der Waals surface area (Å²) in [5, 5.41) is 2.82. The van der Waals surface area contributed by atoms with Gasteiger partial charge in [-0.05, 0) is 24.5 Å². The molecular formula is C16H19ClN2O2. The topological polar surface area (TPSA) is 49.4 Å². The van der Waals surface area contributed by atoms with Crippen LogP contribution in [0.2, 0.25) is 0 Å². The Labute approximate surface area is 129 Å². The van der Waals surface area contributed by atoms with E-state index in [0.717, 1.165) is 11.1 Å². The van der Waals surface area contributed by atoms with E-state index in [4.69, 9.17) is 11.6 Å². The second-order valence-corrected chi connectivity index (χ2v) is 5.42. The number of hydrogen-bond donors (Lipinski definition) is 1. The molecule has 1 aromatic rings. The van der Waals surface area contributed by atoms with Gasteiger partial charge >= 0.3 is 0 Å². The van der Waals surface area contributed by atoms with Crippen molar-refractivity contribution in [3.8, 4) is 0 Å². The van der Waals surface area contributed by atoms with E-state index in [1.807, 2.05) is 44.2 Å². The van der Waals surface area contributed by atoms with Crippen LogP contribution >= 0.6 is 11.6 Å². The minimum Gasteiger partial charge on any atom is -0.339 e. The van der Waals surface area contributed by atoms with Crippen LogP contribution in [0.5, 0.6) is 0 Å². The molecule has 4 nitrogen and oxygen atoms in total. The van der Waals surface area contributed by atoms with E-state index in [9.17, 15) is 9.59 Å². The van der Waals surface area contributed by atoms with Gasteiger partial charge in [0.25, 0.3) is 5.91 Å². The van der Waals surface area contributed by atoms with Gasteiger partial charge in [0.2, 0.25) is 5.91 Å². The van der Waals surface area contributed by atoms with Crippen molar-refractivity contribution in [2.75, 3.05) is 6.54 Å². The molecule has 2 atom stereocenters. The molecule has 5 heteroatoms. The molecule has 0 aromatic heterocycles. The normalized spacial score (nSPS) is 23.2. The number of rotatable bonds is 4. The smallest absolute Gasteiger partial charge is 0.250 e. The van der Waals surface area contributed by atoms with Gasteiger partial charge in [0, 0.05) is 12.1 Å². The maximum Gasteiger partial charge on any atom is 0.250 e. The lowest BCUT2D eigenvalue weighted by Gasteiger charge is -2.39. The molecule has 1 saturated heterocycles. The fourth-order valence-electron chi connectivity index (χ4n) is 2.53. The molecule has 1 fully saturated rings. The molecule has 0 radical (unpaired) electrons. The van der Waals surface area contributed by atoms with E-state index in [1.54, 1.807) is 4.90 Å². The Hall–Kier alpha value is -1.81. The average Bonchev–Trinajstić information content (AvgIpc) is 2.51. The molecule has 1 aliphatic heterocycles. The summed E-state index contributed by atoms with van der Waals surface area (Å²) < 4.78 is 0. The highest BCUT2D eigenvalue weighted by Crippen LogP contribution is 2.24. The number of hydrogen-bond acceptors (Lipinski definition) is 2. The van der Waals surface area contributed by atoms with Crippen molar-refractivity contribution >= 4 is 23.4 Å². The maximum atomic E-state index is 12.7. The Morgan fingerprint density at radius 3 is 2.57 bits per heavy atom. The number of carbonyl (C=O) groups excluding carboxylic acids is 2. The minimum absolute atomic E-state index is 0.0921. The summed E-state index contributed by atoms with van der Waals surface area (Å²) >= 11 is 5.70. The van der Waals surface area contributed by atoms with E-state index >= 15 is 0 Å². The van der Waals surface area contributed by atoms with Crippen LogP contribution in [0.15, 0.2) is 41.4 Å². The van der Waals surface area contributed by atoms with E-state index in [2.05, 4.69) is 5.32 Å². The lowest BCUT2D eigenvalue weighted by atomic mass is 9.98. The van der Waals surface area contributed by atoms with Gasteiger partial charge in [-0.1, -0.05) is 48.9 Å². The predicted molar refractivity (Wildman–Crippen MR) is 82.7 cm³/mol. The zero-order valence-corrected chi connectivity index (χ0v) is 12.9. The molecule has 0 aliphatic carbocycles. The van der Waals surface area contributed by atoms with Crippen LogP contribution in [0.1, 0.15) is 31.9 Å². The molecule has 0 spiro atoms. The molecule has 21 heavy (non-hydrogen) atoms. The third-order valence-electron chi connectivity index (χ3n) is 3.62. The zero-order chi connectivity index (χ0) is 15.4. The number of piperazine rings is 1. The number of nitrogens with zero attached hydrogens (tertiary/aromatic N) is 1. The summed E-state index contributed by atoms with van der Waals surface area (Å²) in [4.78, 5) is 26.6. The molecule has 2 unspecified atom stereocenters. The lowest BCUT2D eigenvalue weighted by Crippen LogP contribution is -2.59. The summed E-state index contributed by atoms with van der Waals surface area (Å²) in [5.41, 5.74) is 3.09. The standard InChI is InChI=1S/C16H19ClN2O2/c1-3-13-15(20)18-14(12-7-5-4-6-8-12)16(21)19(13)10-11(2)9-17/h4-9,13-14H,3,10H2,1-2H3,(H,18,20)/b11-9+. The van der Waals surface area contributed by atoms with Crippen molar-refractivity contribution < 1.29 is 9.59 Å². The highest BCUT2D eigenvalue weighted by atomic mass is 35.5. The van der Waals surface area contributed by atoms with E-state index in [0.29, 0.717) is 13.0 Å². The quantitative estimate of drug-likeness (QED) is 0.929. The fourth-order valence-corrected chi connectivity index (χ4v) is 2.60. The highest BCUT2D eigenvalue weighted by Gasteiger charge is 2.40. The zero-order valence-electron chi connectivity index (χ0n) is 12.2. The molecule has 2 amide bonds. The molecule has 0 saturated carbocycles. The predicted octanol–water partition coefficient (Wildman–Crippen LogP) is 2.61. The van der Waals surface area contributed by atoms with Crippen molar-refractivity contribution in [3.63, 3.8) is 0 Å². The molecule has 112 valence electrons. The SMILES string of the molecule is CCC1C(=O)NC(c2ccccc2)C(=O)N1C/C(C)=C/Cl. The summed E-state index contributed by atoms with van der Waals surface area (Å²) in [6, 6.07) is 8.22. The van der Waals surface area contributed by atoms with Crippen molar-refractivity contribution in [2.45, 2.75) is 32.4 Å². The third kappa shape index (κ3) is 3.27. The molecule has 1 N–H and O–H groups in total. The number of nitrogens with one attached hydrogen (secondary N) is 1. The Morgan fingerprint density at radius 2 is 2.00 bits per heavy atom. The van der Waals surface area contributed by atoms with Gasteiger partial charge in [-0.25, -0.2) is 0 Å². The minimum atomic E-state index is -0.621. The first-order valence-electron chi connectivity index (χ1n) is 7.00. The van der Waals surface area contributed by atoms with Crippen LogP contribution in [0.3, 0.4) is 0 Å². The van der Waals surface area contributed by atoms with E-state index in [1.165, 1.54) is 5.54 Å². The van der Waals surface area contributed by atoms with E-state index < -0.39 is 12.1 Å². The number of halogens is 1. The number of amides is 2. The molecule has 1 heterocycles. The Kier molecular flexibility index (Phi) is 5.02. The van der Waals surface area contributed by atoms with E-state index in [-0.39, 0.29) is 11.8 Å². The van der Waals surface area contributed by atoms with Crippen LogP contribution in [0.4, 0.5) is 0 Å². The average molecular weight is 307 g/mol. The van der Waals surface area contributed by atoms with Gasteiger partial charge < -0.3 is 10.2 Å². The second kappa shape index (κ2) is 6.76. The second-order valence-electron chi connectivity index (χ2n) is 5.20. The molecule has 2 rings (SSSR count). The number of benzene rings is 1. The third-order valence-corrected chi connectivity index (χ3v) is 3.99. The van der Waals surface area contributed by atoms with Crippen molar-refractivity contribution in [2.24, 2.45) is 0 Å². The van der Waals surface area contributed by atoms with Gasteiger partial charge in [-0.3, -0.25) is 9.59 Å². The Bertz CT molecular complexity index is 557. The van der Waals surface area contributed by atoms with Crippen LogP contribution in [0, 0.1) is 0 Å². The first-order valence-corrected chi connectivity index (χ1v) is 7.43. The number of carbonyl (C=O) groups is 2. The van der Waals surface area contributed by atoms with Crippen molar-refractivity contribution in [1.29, 1.82) is 0 Å². The van der Waals surface area contributed by atoms with Gasteiger partial charge in [0.15, 0.2) is 0 Å². The van der Waals surface area contributed by atoms with Crippen molar-refractivity contribution in [1.82, 2.24) is 10.2 Å². The molecule has 1 aliphatic rings. The van der Waals surface area contributed by atoms with Crippen LogP contribution in [-0.4, -0.2) is 29.3 Å². The fraction of sp³-hybridized carbons (Fsp3) is 0.375. The first-order chi connectivity index (χ1) is 10.1. The molecular weight excluding hydrogens is 288 g/mol. The molecule has 0 bridgehead atoms. The van der Waals surface area contributed by atoms with Gasteiger partial charge in [0.05, 0.1) is 0 Å². The largest absolute Gasteiger partial charge is 0.339 e. The van der Waals surface area contributed by atoms with Crippen molar-refractivity contribution in [3.05, 3.63) is 47.0 Å². The summed E-state index contributed by atoms with van der Waals surface area (Å²) in [6.45, 7) is 4.11. The van der Waals surface area contributed by atoms with Crippen LogP contribution < -0.4 is 5.32 Å². The monoisotopic (exact) mass is 306 g/mol. The molecule has 1 aromatic carbocycles.